The van der Waals surface area contributed by atoms with Gasteiger partial charge in [-0.2, -0.15) is 5.10 Å². The number of nitrogens with zero attached hydrogens (tertiary/aromatic N) is 2. The van der Waals surface area contributed by atoms with Crippen LogP contribution in [-0.2, 0) is 4.79 Å². The zero-order valence-electron chi connectivity index (χ0n) is 12.9. The number of hydrogen-bond acceptors (Lipinski definition) is 3. The van der Waals surface area contributed by atoms with E-state index in [9.17, 15) is 4.79 Å². The SMILES string of the molecule is NC(=O)CC(N)c1c(-c2ccccc2)nn(-c2ccccc2)c1Cl. The number of hydrogen-bond donors (Lipinski definition) is 2. The number of para-hydroxylation sites is 1. The fourth-order valence-corrected chi connectivity index (χ4v) is 2.97. The first-order valence-corrected chi connectivity index (χ1v) is 7.89. The smallest absolute Gasteiger partial charge is 0.219 e. The number of carbonyl (C=O) groups is 1. The summed E-state index contributed by atoms with van der Waals surface area (Å²) in [6.07, 6.45) is 0.0000363. The van der Waals surface area contributed by atoms with Crippen molar-refractivity contribution in [3.8, 4) is 16.9 Å². The lowest BCUT2D eigenvalue weighted by atomic mass is 10.0. The van der Waals surface area contributed by atoms with E-state index in [1.807, 2.05) is 60.7 Å². The Hall–Kier alpha value is -2.63. The molecule has 0 saturated carbocycles. The highest BCUT2D eigenvalue weighted by atomic mass is 35.5. The Morgan fingerprint density at radius 1 is 1.08 bits per heavy atom. The first kappa shape index (κ1) is 16.2. The van der Waals surface area contributed by atoms with E-state index in [0.717, 1.165) is 11.3 Å². The fourth-order valence-electron chi connectivity index (χ4n) is 2.61. The molecule has 1 aromatic heterocycles. The number of aromatic nitrogens is 2. The molecule has 1 amide bonds. The third-order valence-corrected chi connectivity index (χ3v) is 4.07. The van der Waals surface area contributed by atoms with Crippen LogP contribution in [0.25, 0.3) is 16.9 Å². The van der Waals surface area contributed by atoms with E-state index in [0.29, 0.717) is 16.4 Å². The molecule has 0 aliphatic rings. The number of nitrogens with two attached hydrogens (primary N) is 2. The summed E-state index contributed by atoms with van der Waals surface area (Å²) in [4.78, 5) is 11.3. The Labute approximate surface area is 144 Å². The summed E-state index contributed by atoms with van der Waals surface area (Å²) in [6, 6.07) is 18.5. The van der Waals surface area contributed by atoms with Crippen molar-refractivity contribution in [2.45, 2.75) is 12.5 Å². The van der Waals surface area contributed by atoms with Crippen LogP contribution in [0.4, 0.5) is 0 Å². The molecule has 0 radical (unpaired) electrons. The van der Waals surface area contributed by atoms with Crippen molar-refractivity contribution in [1.82, 2.24) is 9.78 Å². The van der Waals surface area contributed by atoms with Crippen LogP contribution in [0.2, 0.25) is 5.15 Å². The standard InChI is InChI=1S/C18H17ClN4O/c19-18-16(14(20)11-15(21)24)17(12-7-3-1-4-8-12)22-23(18)13-9-5-2-6-10-13/h1-10,14H,11,20H2,(H2,21,24). The molecule has 0 aliphatic carbocycles. The molecular weight excluding hydrogens is 324 g/mol. The monoisotopic (exact) mass is 340 g/mol. The molecule has 122 valence electrons. The second-order valence-corrected chi connectivity index (χ2v) is 5.80. The largest absolute Gasteiger partial charge is 0.370 e. The first-order valence-electron chi connectivity index (χ1n) is 7.51. The predicted octanol–water partition coefficient (Wildman–Crippen LogP) is 3.07. The highest BCUT2D eigenvalue weighted by Crippen LogP contribution is 2.35. The normalized spacial score (nSPS) is 12.1. The number of carbonyl (C=O) groups excluding carboxylic acids is 1. The number of benzene rings is 2. The van der Waals surface area contributed by atoms with E-state index in [1.165, 1.54) is 0 Å². The van der Waals surface area contributed by atoms with Crippen LogP contribution < -0.4 is 11.5 Å². The number of amides is 1. The molecule has 6 heteroatoms. The van der Waals surface area contributed by atoms with Crippen LogP contribution in [0.15, 0.2) is 60.7 Å². The van der Waals surface area contributed by atoms with Crippen LogP contribution >= 0.6 is 11.6 Å². The molecule has 1 atom stereocenters. The van der Waals surface area contributed by atoms with Crippen LogP contribution in [-0.4, -0.2) is 15.7 Å². The van der Waals surface area contributed by atoms with Gasteiger partial charge < -0.3 is 11.5 Å². The van der Waals surface area contributed by atoms with Gasteiger partial charge >= 0.3 is 0 Å². The molecule has 1 unspecified atom stereocenters. The minimum absolute atomic E-state index is 0.0000363. The van der Waals surface area contributed by atoms with E-state index < -0.39 is 11.9 Å². The molecule has 5 nitrogen and oxygen atoms in total. The summed E-state index contributed by atoms with van der Waals surface area (Å²) in [7, 11) is 0. The van der Waals surface area contributed by atoms with Gasteiger partial charge in [0.25, 0.3) is 0 Å². The quantitative estimate of drug-likeness (QED) is 0.748. The molecule has 0 fully saturated rings. The minimum Gasteiger partial charge on any atom is -0.370 e. The molecule has 2 aromatic carbocycles. The number of rotatable bonds is 5. The average molecular weight is 341 g/mol. The van der Waals surface area contributed by atoms with Gasteiger partial charge in [0, 0.05) is 23.6 Å². The zero-order chi connectivity index (χ0) is 17.1. The van der Waals surface area contributed by atoms with Crippen LogP contribution in [0.5, 0.6) is 0 Å². The Bertz CT molecular complexity index is 846. The molecule has 1 heterocycles. The van der Waals surface area contributed by atoms with Gasteiger partial charge in [-0.3, -0.25) is 4.79 Å². The van der Waals surface area contributed by atoms with Crippen molar-refractivity contribution < 1.29 is 4.79 Å². The molecule has 0 aliphatic heterocycles. The Morgan fingerprint density at radius 2 is 1.67 bits per heavy atom. The molecule has 0 bridgehead atoms. The average Bonchev–Trinajstić information content (AvgIpc) is 2.93. The Balaban J connectivity index is 2.18. The number of halogens is 1. The minimum atomic E-state index is -0.623. The third-order valence-electron chi connectivity index (χ3n) is 3.70. The maximum Gasteiger partial charge on any atom is 0.219 e. The first-order chi connectivity index (χ1) is 11.6. The second-order valence-electron chi connectivity index (χ2n) is 5.44. The molecule has 0 saturated heterocycles. The van der Waals surface area contributed by atoms with Gasteiger partial charge in [-0.05, 0) is 12.1 Å². The maximum absolute atomic E-state index is 11.3. The van der Waals surface area contributed by atoms with Crippen molar-refractivity contribution >= 4 is 17.5 Å². The summed E-state index contributed by atoms with van der Waals surface area (Å²) in [5, 5.41) is 5.01. The fraction of sp³-hybridized carbons (Fsp3) is 0.111. The molecule has 3 aromatic rings. The van der Waals surface area contributed by atoms with E-state index in [1.54, 1.807) is 4.68 Å². The summed E-state index contributed by atoms with van der Waals surface area (Å²) in [6.45, 7) is 0. The summed E-state index contributed by atoms with van der Waals surface area (Å²) >= 11 is 6.56. The summed E-state index contributed by atoms with van der Waals surface area (Å²) in [5.74, 6) is -0.481. The predicted molar refractivity (Wildman–Crippen MR) is 94.7 cm³/mol. The van der Waals surface area contributed by atoms with E-state index in [4.69, 9.17) is 23.1 Å². The Kier molecular flexibility index (Phi) is 4.64. The molecule has 0 spiro atoms. The van der Waals surface area contributed by atoms with E-state index >= 15 is 0 Å². The molecule has 3 rings (SSSR count). The van der Waals surface area contributed by atoms with Crippen LogP contribution in [0.3, 0.4) is 0 Å². The highest BCUT2D eigenvalue weighted by Gasteiger charge is 2.24. The van der Waals surface area contributed by atoms with Gasteiger partial charge in [0.15, 0.2) is 0 Å². The van der Waals surface area contributed by atoms with Crippen LogP contribution in [0.1, 0.15) is 18.0 Å². The van der Waals surface area contributed by atoms with Gasteiger partial charge in [0.05, 0.1) is 11.4 Å². The number of primary amides is 1. The van der Waals surface area contributed by atoms with Gasteiger partial charge in [0.2, 0.25) is 5.91 Å². The third kappa shape index (κ3) is 3.18. The van der Waals surface area contributed by atoms with Gasteiger partial charge in [-0.15, -0.1) is 0 Å². The van der Waals surface area contributed by atoms with Crippen molar-refractivity contribution in [2.75, 3.05) is 0 Å². The van der Waals surface area contributed by atoms with Crippen molar-refractivity contribution in [3.05, 3.63) is 71.4 Å². The van der Waals surface area contributed by atoms with Gasteiger partial charge in [-0.1, -0.05) is 60.1 Å². The van der Waals surface area contributed by atoms with Crippen LogP contribution in [0, 0.1) is 0 Å². The molecular formula is C18H17ClN4O. The lowest BCUT2D eigenvalue weighted by molar-refractivity contribution is -0.118. The molecule has 4 N–H and O–H groups in total. The van der Waals surface area contributed by atoms with Crippen molar-refractivity contribution in [3.63, 3.8) is 0 Å². The van der Waals surface area contributed by atoms with Gasteiger partial charge in [-0.25, -0.2) is 4.68 Å². The topological polar surface area (TPSA) is 86.9 Å². The second kappa shape index (κ2) is 6.86. The lowest BCUT2D eigenvalue weighted by Crippen LogP contribution is -2.21. The van der Waals surface area contributed by atoms with E-state index in [-0.39, 0.29) is 6.42 Å². The molecule has 24 heavy (non-hydrogen) atoms. The summed E-state index contributed by atoms with van der Waals surface area (Å²) in [5.41, 5.74) is 14.4. The summed E-state index contributed by atoms with van der Waals surface area (Å²) < 4.78 is 1.63. The zero-order valence-corrected chi connectivity index (χ0v) is 13.6. The maximum atomic E-state index is 11.3. The van der Waals surface area contributed by atoms with Crippen molar-refractivity contribution in [1.29, 1.82) is 0 Å². The van der Waals surface area contributed by atoms with E-state index in [2.05, 4.69) is 5.10 Å². The van der Waals surface area contributed by atoms with Crippen molar-refractivity contribution in [2.24, 2.45) is 11.5 Å². The van der Waals surface area contributed by atoms with Gasteiger partial charge in [0.1, 0.15) is 5.15 Å². The highest BCUT2D eigenvalue weighted by molar-refractivity contribution is 6.31. The lowest BCUT2D eigenvalue weighted by Gasteiger charge is -2.11. The Morgan fingerprint density at radius 3 is 2.25 bits per heavy atom.